The van der Waals surface area contributed by atoms with Gasteiger partial charge >= 0.3 is 5.97 Å². The molecule has 0 spiro atoms. The van der Waals surface area contributed by atoms with E-state index in [-0.39, 0.29) is 11.8 Å². The Hall–Kier alpha value is -0.570. The lowest BCUT2D eigenvalue weighted by molar-refractivity contribution is -0.149. The first-order valence-corrected chi connectivity index (χ1v) is 4.51. The highest BCUT2D eigenvalue weighted by molar-refractivity contribution is 5.79. The van der Waals surface area contributed by atoms with Gasteiger partial charge in [0, 0.05) is 0 Å². The Kier molecular flexibility index (Phi) is 2.42. The molecule has 0 heterocycles. The Labute approximate surface area is 72.9 Å². The van der Waals surface area contributed by atoms with Gasteiger partial charge in [0.2, 0.25) is 0 Å². The van der Waals surface area contributed by atoms with Gasteiger partial charge in [-0.1, -0.05) is 20.3 Å². The Bertz CT molecular complexity index is 181. The van der Waals surface area contributed by atoms with Gasteiger partial charge in [-0.2, -0.15) is 0 Å². The number of hydrogen-bond donors (Lipinski definition) is 2. The summed E-state index contributed by atoms with van der Waals surface area (Å²) in [6.07, 6.45) is 2.98. The minimum Gasteiger partial charge on any atom is -0.480 e. The molecule has 0 bridgehead atoms. The summed E-state index contributed by atoms with van der Waals surface area (Å²) in [6, 6.07) is 0. The summed E-state index contributed by atoms with van der Waals surface area (Å²) in [5.41, 5.74) is 4.90. The molecule has 0 amide bonds. The molecule has 2 atom stereocenters. The lowest BCUT2D eigenvalue weighted by Gasteiger charge is -2.40. The molecule has 70 valence electrons. The molecule has 1 aliphatic carbocycles. The molecule has 1 rings (SSSR count). The van der Waals surface area contributed by atoms with Crippen molar-refractivity contribution in [3.63, 3.8) is 0 Å². The van der Waals surface area contributed by atoms with Gasteiger partial charge in [-0.05, 0) is 24.7 Å². The monoisotopic (exact) mass is 171 g/mol. The van der Waals surface area contributed by atoms with Crippen LogP contribution in [-0.4, -0.2) is 16.6 Å². The van der Waals surface area contributed by atoms with Crippen molar-refractivity contribution in [2.24, 2.45) is 17.6 Å². The molecule has 0 radical (unpaired) electrons. The van der Waals surface area contributed by atoms with Gasteiger partial charge in [0.15, 0.2) is 0 Å². The van der Waals surface area contributed by atoms with Crippen molar-refractivity contribution in [2.75, 3.05) is 0 Å². The second kappa shape index (κ2) is 3.05. The molecule has 0 aliphatic heterocycles. The maximum atomic E-state index is 11.0. The molecular formula is C9H17NO2. The lowest BCUT2D eigenvalue weighted by atomic mass is 9.68. The SMILES string of the molecule is CC1CCCC(C)C1(N)C(=O)O. The van der Waals surface area contributed by atoms with Crippen molar-refractivity contribution in [1.29, 1.82) is 0 Å². The summed E-state index contributed by atoms with van der Waals surface area (Å²) in [5, 5.41) is 9.01. The van der Waals surface area contributed by atoms with Gasteiger partial charge in [0.25, 0.3) is 0 Å². The third kappa shape index (κ3) is 1.22. The zero-order valence-electron chi connectivity index (χ0n) is 7.71. The molecule has 0 saturated heterocycles. The van der Waals surface area contributed by atoms with Crippen LogP contribution in [0.25, 0.3) is 0 Å². The highest BCUT2D eigenvalue weighted by Gasteiger charge is 2.46. The molecule has 1 saturated carbocycles. The molecule has 1 aliphatic rings. The lowest BCUT2D eigenvalue weighted by Crippen LogP contribution is -2.59. The van der Waals surface area contributed by atoms with Crippen molar-refractivity contribution < 1.29 is 9.90 Å². The molecule has 3 N–H and O–H groups in total. The number of aliphatic carboxylic acids is 1. The predicted molar refractivity (Wildman–Crippen MR) is 46.7 cm³/mol. The van der Waals surface area contributed by atoms with Crippen LogP contribution < -0.4 is 5.73 Å². The van der Waals surface area contributed by atoms with Crippen molar-refractivity contribution in [1.82, 2.24) is 0 Å². The molecule has 0 aromatic heterocycles. The minimum absolute atomic E-state index is 0.0961. The first-order chi connectivity index (χ1) is 5.49. The second-order valence-electron chi connectivity index (χ2n) is 3.97. The van der Waals surface area contributed by atoms with Crippen LogP contribution in [0.1, 0.15) is 33.1 Å². The van der Waals surface area contributed by atoms with E-state index < -0.39 is 11.5 Å². The zero-order chi connectivity index (χ0) is 9.35. The summed E-state index contributed by atoms with van der Waals surface area (Å²) in [5.74, 6) is -0.653. The first-order valence-electron chi connectivity index (χ1n) is 4.51. The molecular weight excluding hydrogens is 154 g/mol. The Balaban J connectivity index is 2.87. The maximum Gasteiger partial charge on any atom is 0.324 e. The highest BCUT2D eigenvalue weighted by atomic mass is 16.4. The van der Waals surface area contributed by atoms with Gasteiger partial charge in [-0.3, -0.25) is 4.79 Å². The fourth-order valence-corrected chi connectivity index (χ4v) is 2.12. The molecule has 2 unspecified atom stereocenters. The summed E-state index contributed by atoms with van der Waals surface area (Å²) >= 11 is 0. The molecule has 12 heavy (non-hydrogen) atoms. The Morgan fingerprint density at radius 2 is 1.83 bits per heavy atom. The third-order valence-corrected chi connectivity index (χ3v) is 3.28. The number of hydrogen-bond acceptors (Lipinski definition) is 2. The van der Waals surface area contributed by atoms with Crippen LogP contribution in [0.3, 0.4) is 0 Å². The number of carboxylic acid groups (broad SMARTS) is 1. The van der Waals surface area contributed by atoms with E-state index in [9.17, 15) is 4.79 Å². The topological polar surface area (TPSA) is 63.3 Å². The average Bonchev–Trinajstić information content (AvgIpc) is 1.99. The summed E-state index contributed by atoms with van der Waals surface area (Å²) in [7, 11) is 0. The standard InChI is InChI=1S/C9H17NO2/c1-6-4-3-5-7(2)9(6,10)8(11)12/h6-7H,3-5,10H2,1-2H3,(H,11,12). The number of rotatable bonds is 1. The summed E-state index contributed by atoms with van der Waals surface area (Å²) in [6.45, 7) is 3.87. The smallest absolute Gasteiger partial charge is 0.324 e. The number of carbonyl (C=O) groups is 1. The van der Waals surface area contributed by atoms with Crippen LogP contribution in [-0.2, 0) is 4.79 Å². The molecule has 3 nitrogen and oxygen atoms in total. The van der Waals surface area contributed by atoms with Gasteiger partial charge in [0.05, 0.1) is 0 Å². The Morgan fingerprint density at radius 1 is 1.42 bits per heavy atom. The predicted octanol–water partition coefficient (Wildman–Crippen LogP) is 1.22. The van der Waals surface area contributed by atoms with Gasteiger partial charge < -0.3 is 10.8 Å². The fraction of sp³-hybridized carbons (Fsp3) is 0.889. The Morgan fingerprint density at radius 3 is 2.08 bits per heavy atom. The van der Waals surface area contributed by atoms with E-state index in [1.807, 2.05) is 13.8 Å². The average molecular weight is 171 g/mol. The van der Waals surface area contributed by atoms with E-state index in [0.29, 0.717) is 0 Å². The van der Waals surface area contributed by atoms with Gasteiger partial charge in [0.1, 0.15) is 5.54 Å². The van der Waals surface area contributed by atoms with E-state index >= 15 is 0 Å². The quantitative estimate of drug-likeness (QED) is 0.623. The van der Waals surface area contributed by atoms with E-state index in [1.165, 1.54) is 0 Å². The second-order valence-corrected chi connectivity index (χ2v) is 3.97. The van der Waals surface area contributed by atoms with Crippen LogP contribution in [0.15, 0.2) is 0 Å². The van der Waals surface area contributed by atoms with E-state index in [0.717, 1.165) is 19.3 Å². The van der Waals surface area contributed by atoms with E-state index in [4.69, 9.17) is 10.8 Å². The van der Waals surface area contributed by atoms with Crippen molar-refractivity contribution in [3.8, 4) is 0 Å². The van der Waals surface area contributed by atoms with E-state index in [1.54, 1.807) is 0 Å². The van der Waals surface area contributed by atoms with Crippen molar-refractivity contribution in [3.05, 3.63) is 0 Å². The van der Waals surface area contributed by atoms with Gasteiger partial charge in [-0.25, -0.2) is 0 Å². The third-order valence-electron chi connectivity index (χ3n) is 3.28. The normalized spacial score (nSPS) is 42.6. The van der Waals surface area contributed by atoms with Crippen LogP contribution in [0.5, 0.6) is 0 Å². The van der Waals surface area contributed by atoms with Crippen LogP contribution in [0.4, 0.5) is 0 Å². The summed E-state index contributed by atoms with van der Waals surface area (Å²) < 4.78 is 0. The van der Waals surface area contributed by atoms with Crippen LogP contribution >= 0.6 is 0 Å². The van der Waals surface area contributed by atoms with Crippen LogP contribution in [0, 0.1) is 11.8 Å². The molecule has 1 fully saturated rings. The van der Waals surface area contributed by atoms with E-state index in [2.05, 4.69) is 0 Å². The zero-order valence-corrected chi connectivity index (χ0v) is 7.71. The number of nitrogens with two attached hydrogens (primary N) is 1. The first kappa shape index (κ1) is 9.52. The largest absolute Gasteiger partial charge is 0.480 e. The minimum atomic E-state index is -0.988. The number of carboxylic acids is 1. The fourth-order valence-electron chi connectivity index (χ4n) is 2.12. The maximum absolute atomic E-state index is 11.0. The van der Waals surface area contributed by atoms with Crippen LogP contribution in [0.2, 0.25) is 0 Å². The molecule has 0 aromatic rings. The molecule has 0 aromatic carbocycles. The summed E-state index contributed by atoms with van der Waals surface area (Å²) in [4.78, 5) is 11.0. The van der Waals surface area contributed by atoms with Gasteiger partial charge in [-0.15, -0.1) is 0 Å². The highest BCUT2D eigenvalue weighted by Crippen LogP contribution is 2.36. The van der Waals surface area contributed by atoms with Crippen molar-refractivity contribution in [2.45, 2.75) is 38.6 Å². The molecule has 3 heteroatoms. The van der Waals surface area contributed by atoms with Crippen molar-refractivity contribution >= 4 is 5.97 Å².